The third kappa shape index (κ3) is 5.57. The molecule has 2 aromatic carbocycles. The summed E-state index contributed by atoms with van der Waals surface area (Å²) in [6.07, 6.45) is 0. The average Bonchev–Trinajstić information content (AvgIpc) is 2.59. The van der Waals surface area contributed by atoms with E-state index in [9.17, 15) is 0 Å². The molecule has 2 rings (SSSR count). The Morgan fingerprint density at radius 3 is 2.33 bits per heavy atom. The van der Waals surface area contributed by atoms with E-state index in [1.165, 1.54) is 11.1 Å². The van der Waals surface area contributed by atoms with Crippen molar-refractivity contribution in [1.29, 1.82) is 0 Å². The van der Waals surface area contributed by atoms with Gasteiger partial charge in [-0.2, -0.15) is 0 Å². The van der Waals surface area contributed by atoms with E-state index in [0.717, 1.165) is 18.0 Å². The number of rotatable bonds is 9. The molecular weight excluding hydrogens is 298 g/mol. The van der Waals surface area contributed by atoms with Crippen molar-refractivity contribution in [3.63, 3.8) is 0 Å². The SMILES string of the molecule is CCOc1cc(C[NH2+][C@@H](C)c2ccccc2)ccc1OCC(C)C. The van der Waals surface area contributed by atoms with Crippen molar-refractivity contribution >= 4 is 0 Å². The van der Waals surface area contributed by atoms with Crippen LogP contribution in [0, 0.1) is 5.92 Å². The number of hydrogen-bond acceptors (Lipinski definition) is 2. The molecule has 3 nitrogen and oxygen atoms in total. The predicted octanol–water partition coefficient (Wildman–Crippen LogP) is 3.94. The van der Waals surface area contributed by atoms with Gasteiger partial charge in [0.1, 0.15) is 12.6 Å². The topological polar surface area (TPSA) is 35.1 Å². The van der Waals surface area contributed by atoms with Crippen LogP contribution in [-0.2, 0) is 6.54 Å². The van der Waals surface area contributed by atoms with Crippen LogP contribution >= 0.6 is 0 Å². The van der Waals surface area contributed by atoms with Gasteiger partial charge in [0, 0.05) is 11.1 Å². The van der Waals surface area contributed by atoms with Crippen LogP contribution < -0.4 is 14.8 Å². The third-order valence-corrected chi connectivity index (χ3v) is 3.91. The quantitative estimate of drug-likeness (QED) is 0.756. The highest BCUT2D eigenvalue weighted by atomic mass is 16.5. The van der Waals surface area contributed by atoms with Crippen molar-refractivity contribution in [2.75, 3.05) is 13.2 Å². The third-order valence-electron chi connectivity index (χ3n) is 3.91. The Balaban J connectivity index is 2.01. The van der Waals surface area contributed by atoms with Gasteiger partial charge < -0.3 is 14.8 Å². The summed E-state index contributed by atoms with van der Waals surface area (Å²) in [7, 11) is 0. The Morgan fingerprint density at radius 2 is 1.67 bits per heavy atom. The van der Waals surface area contributed by atoms with Crippen LogP contribution in [0.4, 0.5) is 0 Å². The molecule has 2 N–H and O–H groups in total. The second kappa shape index (κ2) is 9.33. The van der Waals surface area contributed by atoms with E-state index in [0.29, 0.717) is 25.2 Å². The second-order valence-corrected chi connectivity index (χ2v) is 6.56. The Bertz CT molecular complexity index is 610. The number of ether oxygens (including phenoxy) is 2. The predicted molar refractivity (Wildman–Crippen MR) is 98.4 cm³/mol. The molecule has 0 fully saturated rings. The molecule has 0 aromatic heterocycles. The maximum absolute atomic E-state index is 5.87. The van der Waals surface area contributed by atoms with E-state index in [4.69, 9.17) is 9.47 Å². The minimum atomic E-state index is 0.429. The van der Waals surface area contributed by atoms with Gasteiger partial charge in [0.2, 0.25) is 0 Å². The van der Waals surface area contributed by atoms with Crippen molar-refractivity contribution < 1.29 is 14.8 Å². The molecule has 0 heterocycles. The van der Waals surface area contributed by atoms with E-state index >= 15 is 0 Å². The van der Waals surface area contributed by atoms with Crippen LogP contribution in [0.2, 0.25) is 0 Å². The first-order valence-electron chi connectivity index (χ1n) is 8.87. The van der Waals surface area contributed by atoms with Crippen molar-refractivity contribution in [2.24, 2.45) is 5.92 Å². The van der Waals surface area contributed by atoms with Gasteiger partial charge in [-0.25, -0.2) is 0 Å². The average molecular weight is 328 g/mol. The summed E-state index contributed by atoms with van der Waals surface area (Å²) in [5.74, 6) is 2.18. The highest BCUT2D eigenvalue weighted by Crippen LogP contribution is 2.28. The highest BCUT2D eigenvalue weighted by Gasteiger charge is 2.11. The second-order valence-electron chi connectivity index (χ2n) is 6.56. The lowest BCUT2D eigenvalue weighted by Crippen LogP contribution is -2.83. The molecule has 0 bridgehead atoms. The molecule has 3 heteroatoms. The zero-order chi connectivity index (χ0) is 17.4. The molecule has 130 valence electrons. The summed E-state index contributed by atoms with van der Waals surface area (Å²) >= 11 is 0. The molecule has 24 heavy (non-hydrogen) atoms. The van der Waals surface area contributed by atoms with Gasteiger partial charge in [-0.15, -0.1) is 0 Å². The molecule has 1 atom stereocenters. The van der Waals surface area contributed by atoms with E-state index < -0.39 is 0 Å². The van der Waals surface area contributed by atoms with Crippen LogP contribution in [0.3, 0.4) is 0 Å². The molecule has 0 aliphatic rings. The summed E-state index contributed by atoms with van der Waals surface area (Å²) in [5.41, 5.74) is 2.59. The van der Waals surface area contributed by atoms with Gasteiger partial charge in [-0.3, -0.25) is 0 Å². The van der Waals surface area contributed by atoms with Crippen molar-refractivity contribution in [2.45, 2.75) is 40.3 Å². The first-order chi connectivity index (χ1) is 11.6. The minimum absolute atomic E-state index is 0.429. The molecule has 2 aromatic rings. The smallest absolute Gasteiger partial charge is 0.161 e. The molecular formula is C21H30NO2+. The summed E-state index contributed by atoms with van der Waals surface area (Å²) in [4.78, 5) is 0. The number of hydrogen-bond donors (Lipinski definition) is 1. The standard InChI is InChI=1S/C21H29NO2/c1-5-23-21-13-18(11-12-20(21)24-15-16(2)3)14-22-17(4)19-9-7-6-8-10-19/h6-13,16-17,22H,5,14-15H2,1-4H3/p+1/t17-/m0/s1. The van der Waals surface area contributed by atoms with Crippen molar-refractivity contribution in [3.05, 3.63) is 59.7 Å². The minimum Gasteiger partial charge on any atom is -0.490 e. The first-order valence-corrected chi connectivity index (χ1v) is 8.87. The highest BCUT2D eigenvalue weighted by molar-refractivity contribution is 5.42. The fourth-order valence-electron chi connectivity index (χ4n) is 2.53. The number of benzene rings is 2. The first kappa shape index (κ1) is 18.3. The number of nitrogens with two attached hydrogens (primary N) is 1. The number of quaternary nitrogens is 1. The van der Waals surface area contributed by atoms with Crippen LogP contribution in [-0.4, -0.2) is 13.2 Å². The van der Waals surface area contributed by atoms with E-state index in [1.54, 1.807) is 0 Å². The maximum Gasteiger partial charge on any atom is 0.161 e. The lowest BCUT2D eigenvalue weighted by atomic mass is 10.1. The lowest BCUT2D eigenvalue weighted by molar-refractivity contribution is -0.707. The van der Waals surface area contributed by atoms with E-state index in [-0.39, 0.29) is 0 Å². The summed E-state index contributed by atoms with van der Waals surface area (Å²) < 4.78 is 11.6. The van der Waals surface area contributed by atoms with Gasteiger partial charge in [0.05, 0.1) is 13.2 Å². The van der Waals surface area contributed by atoms with Crippen LogP contribution in [0.15, 0.2) is 48.5 Å². The normalized spacial score (nSPS) is 12.2. The molecule has 0 saturated carbocycles. The molecule has 0 spiro atoms. The van der Waals surface area contributed by atoms with E-state index in [1.807, 2.05) is 13.0 Å². The van der Waals surface area contributed by atoms with Gasteiger partial charge in [0.25, 0.3) is 0 Å². The fraction of sp³-hybridized carbons (Fsp3) is 0.429. The van der Waals surface area contributed by atoms with E-state index in [2.05, 4.69) is 68.6 Å². The Kier molecular flexibility index (Phi) is 7.13. The summed E-state index contributed by atoms with van der Waals surface area (Å²) in [6, 6.07) is 17.3. The van der Waals surface area contributed by atoms with Crippen molar-refractivity contribution in [3.8, 4) is 11.5 Å². The van der Waals surface area contributed by atoms with Gasteiger partial charge in [0.15, 0.2) is 11.5 Å². The largest absolute Gasteiger partial charge is 0.490 e. The summed E-state index contributed by atoms with van der Waals surface area (Å²) in [5, 5.41) is 2.34. The molecule has 0 amide bonds. The zero-order valence-electron chi connectivity index (χ0n) is 15.3. The Hall–Kier alpha value is -2.00. The Labute approximate surface area is 146 Å². The Morgan fingerprint density at radius 1 is 0.917 bits per heavy atom. The molecule has 0 saturated heterocycles. The van der Waals surface area contributed by atoms with Gasteiger partial charge in [-0.05, 0) is 38.0 Å². The van der Waals surface area contributed by atoms with Crippen molar-refractivity contribution in [1.82, 2.24) is 0 Å². The molecule has 0 radical (unpaired) electrons. The van der Waals surface area contributed by atoms with Crippen LogP contribution in [0.1, 0.15) is 44.9 Å². The zero-order valence-corrected chi connectivity index (χ0v) is 15.3. The lowest BCUT2D eigenvalue weighted by Gasteiger charge is -2.15. The fourth-order valence-corrected chi connectivity index (χ4v) is 2.53. The monoisotopic (exact) mass is 328 g/mol. The van der Waals surface area contributed by atoms with Crippen LogP contribution in [0.5, 0.6) is 11.5 Å². The van der Waals surface area contributed by atoms with Crippen LogP contribution in [0.25, 0.3) is 0 Å². The molecule has 0 unspecified atom stereocenters. The van der Waals surface area contributed by atoms with Gasteiger partial charge in [-0.1, -0.05) is 44.2 Å². The summed E-state index contributed by atoms with van der Waals surface area (Å²) in [6.45, 7) is 10.8. The molecule has 0 aliphatic carbocycles. The maximum atomic E-state index is 5.87. The van der Waals surface area contributed by atoms with Gasteiger partial charge >= 0.3 is 0 Å². The molecule has 0 aliphatic heterocycles.